The number of rotatable bonds is 10. The van der Waals surface area contributed by atoms with Crippen molar-refractivity contribution in [1.82, 2.24) is 5.32 Å². The molecule has 2 saturated heterocycles. The summed E-state index contributed by atoms with van der Waals surface area (Å²) >= 11 is 0. The van der Waals surface area contributed by atoms with Crippen molar-refractivity contribution in [2.24, 2.45) is 0 Å². The van der Waals surface area contributed by atoms with E-state index in [1.54, 1.807) is 24.3 Å². The van der Waals surface area contributed by atoms with Gasteiger partial charge in [0.2, 0.25) is 0 Å². The van der Waals surface area contributed by atoms with Gasteiger partial charge in [0.05, 0.1) is 13.2 Å². The normalized spacial score (nSPS) is 20.4. The first kappa shape index (κ1) is 19.4. The maximum absolute atomic E-state index is 12.6. The highest BCUT2D eigenvalue weighted by Crippen LogP contribution is 2.17. The van der Waals surface area contributed by atoms with Gasteiger partial charge in [-0.05, 0) is 29.8 Å². The number of hydrogen-bond donors (Lipinski definition) is 1. The molecule has 152 valence electrons. The van der Waals surface area contributed by atoms with Crippen LogP contribution in [0, 0.1) is 0 Å². The van der Waals surface area contributed by atoms with Crippen LogP contribution in [-0.2, 0) is 25.4 Å². The molecular formula is C22H23NO6. The van der Waals surface area contributed by atoms with E-state index in [0.29, 0.717) is 25.2 Å². The molecule has 2 aliphatic heterocycles. The summed E-state index contributed by atoms with van der Waals surface area (Å²) < 4.78 is 21.1. The van der Waals surface area contributed by atoms with Crippen LogP contribution in [0.4, 0.5) is 0 Å². The molecule has 0 aromatic heterocycles. The van der Waals surface area contributed by atoms with Crippen molar-refractivity contribution in [2.75, 3.05) is 26.4 Å². The third-order valence-electron chi connectivity index (χ3n) is 4.64. The van der Waals surface area contributed by atoms with Gasteiger partial charge in [-0.25, -0.2) is 4.79 Å². The van der Waals surface area contributed by atoms with Gasteiger partial charge in [-0.1, -0.05) is 30.3 Å². The average Bonchev–Trinajstić information content (AvgIpc) is 3.66. The summed E-state index contributed by atoms with van der Waals surface area (Å²) in [6.45, 7) is 2.08. The summed E-state index contributed by atoms with van der Waals surface area (Å²) in [5.74, 6) is -0.0572. The average molecular weight is 397 g/mol. The number of carbonyl (C=O) groups excluding carboxylic acids is 2. The van der Waals surface area contributed by atoms with E-state index in [1.807, 2.05) is 30.3 Å². The number of nitrogens with one attached hydrogen (secondary N) is 1. The van der Waals surface area contributed by atoms with E-state index in [1.165, 1.54) is 0 Å². The molecule has 2 aliphatic rings. The van der Waals surface area contributed by atoms with Gasteiger partial charge in [0.1, 0.15) is 37.2 Å². The lowest BCUT2D eigenvalue weighted by atomic mass is 10.0. The second kappa shape index (κ2) is 9.07. The first-order valence-corrected chi connectivity index (χ1v) is 9.65. The Bertz CT molecular complexity index is 830. The van der Waals surface area contributed by atoms with E-state index in [9.17, 15) is 9.59 Å². The molecule has 0 radical (unpaired) electrons. The Hall–Kier alpha value is -2.90. The van der Waals surface area contributed by atoms with E-state index in [4.69, 9.17) is 18.9 Å². The zero-order chi connectivity index (χ0) is 20.1. The molecule has 3 atom stereocenters. The van der Waals surface area contributed by atoms with Crippen LogP contribution < -0.4 is 10.1 Å². The molecule has 0 spiro atoms. The largest absolute Gasteiger partial charge is 0.491 e. The Morgan fingerprint density at radius 2 is 1.62 bits per heavy atom. The second-order valence-electron chi connectivity index (χ2n) is 7.09. The van der Waals surface area contributed by atoms with Gasteiger partial charge in [-0.2, -0.15) is 0 Å². The molecule has 4 rings (SSSR count). The highest BCUT2D eigenvalue weighted by atomic mass is 16.6. The third kappa shape index (κ3) is 6.04. The fourth-order valence-electron chi connectivity index (χ4n) is 2.78. The predicted octanol–water partition coefficient (Wildman–Crippen LogP) is 1.75. The molecular weight excluding hydrogens is 374 g/mol. The Morgan fingerprint density at radius 3 is 2.28 bits per heavy atom. The number of amides is 1. The summed E-state index contributed by atoms with van der Waals surface area (Å²) in [4.78, 5) is 25.1. The molecule has 2 aromatic carbocycles. The second-order valence-corrected chi connectivity index (χ2v) is 7.09. The monoisotopic (exact) mass is 397 g/mol. The van der Waals surface area contributed by atoms with Crippen LogP contribution in [0.1, 0.15) is 15.9 Å². The summed E-state index contributed by atoms with van der Waals surface area (Å²) in [6, 6.07) is 15.4. The molecule has 1 N–H and O–H groups in total. The van der Waals surface area contributed by atoms with Crippen molar-refractivity contribution < 1.29 is 28.5 Å². The highest BCUT2D eigenvalue weighted by molar-refractivity contribution is 5.96. The molecule has 2 heterocycles. The predicted molar refractivity (Wildman–Crippen MR) is 104 cm³/mol. The Labute approximate surface area is 168 Å². The van der Waals surface area contributed by atoms with Crippen LogP contribution in [0.5, 0.6) is 5.75 Å². The molecule has 7 nitrogen and oxygen atoms in total. The topological polar surface area (TPSA) is 89.7 Å². The summed E-state index contributed by atoms with van der Waals surface area (Å²) in [7, 11) is 0. The fourth-order valence-corrected chi connectivity index (χ4v) is 2.78. The molecule has 2 unspecified atom stereocenters. The zero-order valence-electron chi connectivity index (χ0n) is 15.9. The Kier molecular flexibility index (Phi) is 6.07. The Morgan fingerprint density at radius 1 is 0.966 bits per heavy atom. The number of carbonyl (C=O) groups is 2. The molecule has 7 heteroatoms. The lowest BCUT2D eigenvalue weighted by Crippen LogP contribution is -2.43. The maximum atomic E-state index is 12.6. The molecule has 29 heavy (non-hydrogen) atoms. The smallest absolute Gasteiger partial charge is 0.329 e. The standard InChI is InChI=1S/C22H23NO6/c24-21(16-4-2-1-3-5-16)23-20(22(25)29-14-19-13-28-19)10-15-6-8-17(9-7-15)26-11-18-12-27-18/h1-9,18-20H,10-14H2,(H,23,24)/t18?,19?,20-/m0/s1. The van der Waals surface area contributed by atoms with Crippen molar-refractivity contribution in [2.45, 2.75) is 24.7 Å². The van der Waals surface area contributed by atoms with Gasteiger partial charge < -0.3 is 24.3 Å². The number of benzene rings is 2. The number of hydrogen-bond acceptors (Lipinski definition) is 6. The van der Waals surface area contributed by atoms with E-state index in [0.717, 1.165) is 17.9 Å². The number of esters is 1. The van der Waals surface area contributed by atoms with Crippen molar-refractivity contribution in [3.05, 3.63) is 65.7 Å². The van der Waals surface area contributed by atoms with Crippen LogP contribution in [0.15, 0.2) is 54.6 Å². The molecule has 0 aliphatic carbocycles. The third-order valence-corrected chi connectivity index (χ3v) is 4.64. The van der Waals surface area contributed by atoms with Gasteiger partial charge in [-0.15, -0.1) is 0 Å². The van der Waals surface area contributed by atoms with Crippen LogP contribution in [-0.4, -0.2) is 56.6 Å². The lowest BCUT2D eigenvalue weighted by Gasteiger charge is -2.18. The fraction of sp³-hybridized carbons (Fsp3) is 0.364. The summed E-state index contributed by atoms with van der Waals surface area (Å²) in [6.07, 6.45) is 0.475. The maximum Gasteiger partial charge on any atom is 0.329 e. The number of epoxide rings is 2. The summed E-state index contributed by atoms with van der Waals surface area (Å²) in [5, 5.41) is 2.79. The first-order chi connectivity index (χ1) is 14.2. The lowest BCUT2D eigenvalue weighted by molar-refractivity contribution is -0.146. The quantitative estimate of drug-likeness (QED) is 0.485. The first-order valence-electron chi connectivity index (χ1n) is 9.65. The molecule has 0 saturated carbocycles. The minimum atomic E-state index is -0.798. The van der Waals surface area contributed by atoms with Gasteiger partial charge in [0.15, 0.2) is 0 Å². The van der Waals surface area contributed by atoms with Crippen molar-refractivity contribution in [1.29, 1.82) is 0 Å². The van der Waals surface area contributed by atoms with Crippen LogP contribution in [0.25, 0.3) is 0 Å². The SMILES string of the molecule is O=C(N[C@@H](Cc1ccc(OCC2CO2)cc1)C(=O)OCC1CO1)c1ccccc1. The zero-order valence-corrected chi connectivity index (χ0v) is 15.9. The van der Waals surface area contributed by atoms with E-state index in [2.05, 4.69) is 5.32 Å². The minimum absolute atomic E-state index is 0.0312. The van der Waals surface area contributed by atoms with Gasteiger partial charge in [0, 0.05) is 12.0 Å². The minimum Gasteiger partial charge on any atom is -0.491 e. The highest BCUT2D eigenvalue weighted by Gasteiger charge is 2.28. The Balaban J connectivity index is 1.39. The van der Waals surface area contributed by atoms with E-state index in [-0.39, 0.29) is 24.7 Å². The van der Waals surface area contributed by atoms with E-state index < -0.39 is 12.0 Å². The van der Waals surface area contributed by atoms with Crippen molar-refractivity contribution in [3.8, 4) is 5.75 Å². The summed E-state index contributed by atoms with van der Waals surface area (Å²) in [5.41, 5.74) is 1.37. The van der Waals surface area contributed by atoms with Crippen LogP contribution in [0.2, 0.25) is 0 Å². The van der Waals surface area contributed by atoms with Gasteiger partial charge >= 0.3 is 5.97 Å². The van der Waals surface area contributed by atoms with Crippen molar-refractivity contribution in [3.63, 3.8) is 0 Å². The van der Waals surface area contributed by atoms with Crippen LogP contribution >= 0.6 is 0 Å². The van der Waals surface area contributed by atoms with Gasteiger partial charge in [0.25, 0.3) is 5.91 Å². The molecule has 0 bridgehead atoms. The van der Waals surface area contributed by atoms with Gasteiger partial charge in [-0.3, -0.25) is 4.79 Å². The molecule has 2 aromatic rings. The molecule has 2 fully saturated rings. The van der Waals surface area contributed by atoms with Crippen molar-refractivity contribution >= 4 is 11.9 Å². The van der Waals surface area contributed by atoms with Crippen LogP contribution in [0.3, 0.4) is 0 Å². The molecule has 1 amide bonds. The van der Waals surface area contributed by atoms with E-state index >= 15 is 0 Å². The number of ether oxygens (including phenoxy) is 4.